The molecule has 0 radical (unpaired) electrons. The number of aryl methyl sites for hydroxylation is 1. The van der Waals surface area contributed by atoms with Crippen LogP contribution in [0.1, 0.15) is 45.1 Å². The van der Waals surface area contributed by atoms with Crippen molar-refractivity contribution in [3.8, 4) is 5.75 Å². The number of urea groups is 1. The Morgan fingerprint density at radius 1 is 1.07 bits per heavy atom. The molecule has 0 atom stereocenters. The molecule has 40 heavy (non-hydrogen) atoms. The molecule has 1 aromatic heterocycles. The number of rotatable bonds is 8. The van der Waals surface area contributed by atoms with E-state index in [4.69, 9.17) is 16.3 Å². The summed E-state index contributed by atoms with van der Waals surface area (Å²) < 4.78 is 20.0. The Bertz CT molecular complexity index is 1300. The van der Waals surface area contributed by atoms with E-state index in [9.17, 15) is 9.18 Å². The fourth-order valence-electron chi connectivity index (χ4n) is 5.18. The summed E-state index contributed by atoms with van der Waals surface area (Å²) in [6.07, 6.45) is 5.58. The first-order valence-corrected chi connectivity index (χ1v) is 14.6. The molecule has 10 heteroatoms. The van der Waals surface area contributed by atoms with Crippen LogP contribution in [0.15, 0.2) is 36.7 Å². The lowest BCUT2D eigenvalue weighted by molar-refractivity contribution is 0.0956. The average Bonchev–Trinajstić information content (AvgIpc) is 2.96. The van der Waals surface area contributed by atoms with E-state index < -0.39 is 5.82 Å². The molecular weight excluding hydrogens is 531 g/mol. The number of hydrogen-bond acceptors (Lipinski definition) is 6. The SMILES string of the molecule is CC.Cc1cc2ncnc(Nc3ccc(F)c(Cl)c3)c2cc1OC1CCN(CCCN2CCCN(C)C2=O)CC1. The van der Waals surface area contributed by atoms with Crippen molar-refractivity contribution in [2.24, 2.45) is 0 Å². The molecule has 0 saturated carbocycles. The van der Waals surface area contributed by atoms with Crippen LogP contribution in [-0.4, -0.2) is 83.1 Å². The molecule has 3 aromatic rings. The number of nitrogens with zero attached hydrogens (tertiary/aromatic N) is 5. The van der Waals surface area contributed by atoms with Crippen molar-refractivity contribution in [3.05, 3.63) is 53.1 Å². The van der Waals surface area contributed by atoms with Crippen LogP contribution in [0.3, 0.4) is 0 Å². The van der Waals surface area contributed by atoms with Crippen molar-refractivity contribution in [3.63, 3.8) is 0 Å². The second kappa shape index (κ2) is 13.9. The normalized spacial score (nSPS) is 16.6. The molecule has 216 valence electrons. The second-order valence-electron chi connectivity index (χ2n) is 10.2. The third-order valence-electron chi connectivity index (χ3n) is 7.36. The molecule has 2 fully saturated rings. The van der Waals surface area contributed by atoms with E-state index in [1.165, 1.54) is 18.5 Å². The van der Waals surface area contributed by atoms with E-state index in [1.54, 1.807) is 6.07 Å². The van der Waals surface area contributed by atoms with Gasteiger partial charge in [0, 0.05) is 50.8 Å². The smallest absolute Gasteiger partial charge is 0.319 e. The number of ether oxygens (including phenoxy) is 1. The van der Waals surface area contributed by atoms with Crippen LogP contribution in [0.2, 0.25) is 5.02 Å². The summed E-state index contributed by atoms with van der Waals surface area (Å²) in [5.41, 5.74) is 2.46. The van der Waals surface area contributed by atoms with Crippen LogP contribution < -0.4 is 10.1 Å². The Kier molecular flexibility index (Phi) is 10.4. The molecule has 0 bridgehead atoms. The van der Waals surface area contributed by atoms with Crippen molar-refractivity contribution in [1.82, 2.24) is 24.7 Å². The van der Waals surface area contributed by atoms with Crippen LogP contribution in [-0.2, 0) is 0 Å². The van der Waals surface area contributed by atoms with Crippen molar-refractivity contribution in [2.45, 2.75) is 52.6 Å². The highest BCUT2D eigenvalue weighted by Gasteiger charge is 2.24. The first-order chi connectivity index (χ1) is 19.4. The van der Waals surface area contributed by atoms with Gasteiger partial charge in [0.15, 0.2) is 0 Å². The Balaban J connectivity index is 0.00000181. The number of carbonyl (C=O) groups excluding carboxylic acids is 1. The van der Waals surface area contributed by atoms with E-state index >= 15 is 0 Å². The van der Waals surface area contributed by atoms with Gasteiger partial charge < -0.3 is 24.8 Å². The van der Waals surface area contributed by atoms with E-state index in [1.807, 2.05) is 49.8 Å². The Labute approximate surface area is 241 Å². The fourth-order valence-corrected chi connectivity index (χ4v) is 5.36. The molecule has 2 saturated heterocycles. The molecule has 0 spiro atoms. The molecule has 3 heterocycles. The van der Waals surface area contributed by atoms with E-state index in [0.717, 1.165) is 87.2 Å². The number of likely N-dealkylation sites (tertiary alicyclic amines) is 1. The fraction of sp³-hybridized carbons (Fsp3) is 0.500. The van der Waals surface area contributed by atoms with Gasteiger partial charge in [0.05, 0.1) is 10.5 Å². The van der Waals surface area contributed by atoms with Crippen molar-refractivity contribution < 1.29 is 13.9 Å². The van der Waals surface area contributed by atoms with Gasteiger partial charge in [-0.15, -0.1) is 0 Å². The van der Waals surface area contributed by atoms with Crippen molar-refractivity contribution in [1.29, 1.82) is 0 Å². The highest BCUT2D eigenvalue weighted by Crippen LogP contribution is 2.32. The van der Waals surface area contributed by atoms with Gasteiger partial charge in [-0.05, 0) is 75.0 Å². The number of aromatic nitrogens is 2. The summed E-state index contributed by atoms with van der Waals surface area (Å²) in [5.74, 6) is 0.960. The van der Waals surface area contributed by atoms with Gasteiger partial charge in [-0.25, -0.2) is 19.2 Å². The zero-order chi connectivity index (χ0) is 28.6. The minimum atomic E-state index is -0.466. The number of nitrogens with one attached hydrogen (secondary N) is 1. The number of hydrogen-bond donors (Lipinski definition) is 1. The monoisotopic (exact) mass is 570 g/mol. The first kappa shape index (κ1) is 29.8. The number of piperidine rings is 1. The van der Waals surface area contributed by atoms with Gasteiger partial charge in [0.1, 0.15) is 29.8 Å². The summed E-state index contributed by atoms with van der Waals surface area (Å²) in [4.78, 5) is 27.3. The maximum Gasteiger partial charge on any atom is 0.319 e. The lowest BCUT2D eigenvalue weighted by atomic mass is 10.1. The van der Waals surface area contributed by atoms with Gasteiger partial charge in [0.25, 0.3) is 0 Å². The number of amides is 2. The summed E-state index contributed by atoms with van der Waals surface area (Å²) in [7, 11) is 1.88. The summed E-state index contributed by atoms with van der Waals surface area (Å²) in [5, 5.41) is 4.10. The van der Waals surface area contributed by atoms with Crippen LogP contribution >= 0.6 is 11.6 Å². The molecule has 2 aliphatic heterocycles. The quantitative estimate of drug-likeness (QED) is 0.334. The minimum Gasteiger partial charge on any atom is -0.490 e. The molecule has 8 nitrogen and oxygen atoms in total. The summed E-state index contributed by atoms with van der Waals surface area (Å²) in [6, 6.07) is 8.62. The number of fused-ring (bicyclic) bond motifs is 1. The summed E-state index contributed by atoms with van der Waals surface area (Å²) in [6.45, 7) is 11.5. The number of benzene rings is 2. The maximum absolute atomic E-state index is 13.6. The first-order valence-electron chi connectivity index (χ1n) is 14.2. The Morgan fingerprint density at radius 3 is 2.60 bits per heavy atom. The third kappa shape index (κ3) is 7.31. The van der Waals surface area contributed by atoms with Crippen LogP contribution in [0, 0.1) is 12.7 Å². The molecule has 0 aliphatic carbocycles. The third-order valence-corrected chi connectivity index (χ3v) is 7.65. The van der Waals surface area contributed by atoms with Gasteiger partial charge in [-0.2, -0.15) is 0 Å². The van der Waals surface area contributed by atoms with Crippen molar-refractivity contribution >= 4 is 40.0 Å². The Morgan fingerprint density at radius 2 is 1.85 bits per heavy atom. The largest absolute Gasteiger partial charge is 0.490 e. The Hall–Kier alpha value is -3.17. The van der Waals surface area contributed by atoms with Gasteiger partial charge >= 0.3 is 6.03 Å². The highest BCUT2D eigenvalue weighted by atomic mass is 35.5. The lowest BCUT2D eigenvalue weighted by Crippen LogP contribution is -2.48. The number of carbonyl (C=O) groups is 1. The average molecular weight is 571 g/mol. The lowest BCUT2D eigenvalue weighted by Gasteiger charge is -2.35. The number of halogens is 2. The predicted molar refractivity (Wildman–Crippen MR) is 159 cm³/mol. The zero-order valence-electron chi connectivity index (χ0n) is 23.9. The van der Waals surface area contributed by atoms with Crippen LogP contribution in [0.5, 0.6) is 5.75 Å². The molecule has 5 rings (SSSR count). The van der Waals surface area contributed by atoms with Gasteiger partial charge in [0.2, 0.25) is 0 Å². The molecule has 2 amide bonds. The molecule has 2 aromatic carbocycles. The molecule has 0 unspecified atom stereocenters. The van der Waals surface area contributed by atoms with Gasteiger partial charge in [-0.3, -0.25) is 0 Å². The van der Waals surface area contributed by atoms with Gasteiger partial charge in [-0.1, -0.05) is 25.4 Å². The second-order valence-corrected chi connectivity index (χ2v) is 10.6. The topological polar surface area (TPSA) is 73.8 Å². The van der Waals surface area contributed by atoms with Crippen molar-refractivity contribution in [2.75, 3.05) is 51.6 Å². The molecule has 1 N–H and O–H groups in total. The van der Waals surface area contributed by atoms with E-state index in [2.05, 4.69) is 20.2 Å². The highest BCUT2D eigenvalue weighted by molar-refractivity contribution is 6.31. The maximum atomic E-state index is 13.6. The molecular formula is C30H40ClFN6O2. The summed E-state index contributed by atoms with van der Waals surface area (Å²) >= 11 is 5.95. The van der Waals surface area contributed by atoms with E-state index in [0.29, 0.717) is 11.5 Å². The predicted octanol–water partition coefficient (Wildman–Crippen LogP) is 6.49. The number of anilines is 2. The standard InChI is InChI=1S/C28H34ClFN6O2.C2H6/c1-19-15-25-22(27(32-18-31-25)33-20-5-6-24(30)23(29)16-20)17-26(19)38-21-7-13-35(14-8-21)10-4-12-36-11-3-9-34(2)28(36)37;1-2/h5-6,15-18,21H,3-4,7-14H2,1-2H3,(H,31,32,33);1-2H3. The zero-order valence-corrected chi connectivity index (χ0v) is 24.7. The van der Waals surface area contributed by atoms with Crippen LogP contribution in [0.4, 0.5) is 20.7 Å². The van der Waals surface area contributed by atoms with E-state index in [-0.39, 0.29) is 17.2 Å². The molecule has 2 aliphatic rings. The minimum absolute atomic E-state index is 0.0483. The van der Waals surface area contributed by atoms with Crippen LogP contribution in [0.25, 0.3) is 10.9 Å².